The van der Waals surface area contributed by atoms with Crippen molar-refractivity contribution in [2.45, 2.75) is 18.9 Å². The van der Waals surface area contributed by atoms with Crippen molar-refractivity contribution in [1.29, 1.82) is 0 Å². The average molecular weight is 163 g/mol. The lowest BCUT2D eigenvalue weighted by Crippen LogP contribution is -1.90. The molecule has 0 radical (unpaired) electrons. The molecule has 0 fully saturated rings. The second kappa shape index (κ2) is 3.05. The fourth-order valence-corrected chi connectivity index (χ4v) is 1.48. The first-order chi connectivity index (χ1) is 5.86. The molecule has 1 nitrogen and oxygen atoms in total. The highest BCUT2D eigenvalue weighted by molar-refractivity contribution is 5.60. The van der Waals surface area contributed by atoms with E-state index in [2.05, 4.69) is 4.99 Å². The largest absolute Gasteiger partial charge is 0.289 e. The lowest BCUT2D eigenvalue weighted by Gasteiger charge is -2.05. The van der Waals surface area contributed by atoms with Crippen LogP contribution >= 0.6 is 0 Å². The van der Waals surface area contributed by atoms with Gasteiger partial charge in [0.25, 0.3) is 0 Å². The molecule has 1 unspecified atom stereocenters. The molecule has 1 heterocycles. The molecule has 0 aromatic heterocycles. The molecular weight excluding hydrogens is 153 g/mol. The molecule has 2 heteroatoms. The highest BCUT2D eigenvalue weighted by atomic mass is 19.1. The Labute approximate surface area is 70.9 Å². The average Bonchev–Trinajstić information content (AvgIpc) is 2.56. The molecule has 0 amide bonds. The lowest BCUT2D eigenvalue weighted by molar-refractivity contribution is 0.619. The summed E-state index contributed by atoms with van der Waals surface area (Å²) in [6.07, 6.45) is 3.94. The summed E-state index contributed by atoms with van der Waals surface area (Å²) in [5.74, 6) is -0.172. The van der Waals surface area contributed by atoms with Crippen LogP contribution in [0.25, 0.3) is 0 Å². The Kier molecular flexibility index (Phi) is 1.90. The minimum Gasteiger partial charge on any atom is -0.289 e. The molecule has 1 aliphatic heterocycles. The van der Waals surface area contributed by atoms with E-state index in [1.54, 1.807) is 12.1 Å². The molecule has 1 atom stereocenters. The summed E-state index contributed by atoms with van der Waals surface area (Å²) in [4.78, 5) is 4.26. The number of rotatable bonds is 1. The van der Waals surface area contributed by atoms with E-state index >= 15 is 0 Å². The third kappa shape index (κ3) is 1.37. The first-order valence-electron chi connectivity index (χ1n) is 4.13. The Morgan fingerprint density at radius 1 is 1.42 bits per heavy atom. The normalized spacial score (nSPS) is 21.6. The van der Waals surface area contributed by atoms with Crippen LogP contribution in [0.1, 0.15) is 24.4 Å². The SMILES string of the molecule is Fc1cccc(C2CCC=N2)c1. The van der Waals surface area contributed by atoms with Gasteiger partial charge in [0.1, 0.15) is 5.82 Å². The number of halogens is 1. The molecule has 0 saturated heterocycles. The van der Waals surface area contributed by atoms with E-state index in [1.807, 2.05) is 12.3 Å². The number of aliphatic imine (C=N–C) groups is 1. The number of hydrogen-bond donors (Lipinski definition) is 0. The summed E-state index contributed by atoms with van der Waals surface area (Å²) in [7, 11) is 0. The van der Waals surface area contributed by atoms with E-state index in [4.69, 9.17) is 0 Å². The topological polar surface area (TPSA) is 12.4 Å². The summed E-state index contributed by atoms with van der Waals surface area (Å²) >= 11 is 0. The molecule has 0 bridgehead atoms. The van der Waals surface area contributed by atoms with Crippen molar-refractivity contribution in [1.82, 2.24) is 0 Å². The minimum atomic E-state index is -0.172. The predicted molar refractivity (Wildman–Crippen MR) is 46.9 cm³/mol. The molecule has 1 aromatic rings. The summed E-state index contributed by atoms with van der Waals surface area (Å²) in [6.45, 7) is 0. The van der Waals surface area contributed by atoms with Crippen molar-refractivity contribution in [3.8, 4) is 0 Å². The molecule has 12 heavy (non-hydrogen) atoms. The fraction of sp³-hybridized carbons (Fsp3) is 0.300. The van der Waals surface area contributed by atoms with E-state index in [-0.39, 0.29) is 11.9 Å². The van der Waals surface area contributed by atoms with Gasteiger partial charge in [0.05, 0.1) is 6.04 Å². The molecule has 0 spiro atoms. The van der Waals surface area contributed by atoms with Gasteiger partial charge in [-0.25, -0.2) is 4.39 Å². The molecule has 1 aromatic carbocycles. The van der Waals surface area contributed by atoms with Gasteiger partial charge >= 0.3 is 0 Å². The first-order valence-corrected chi connectivity index (χ1v) is 4.13. The highest BCUT2D eigenvalue weighted by Gasteiger charge is 2.12. The summed E-state index contributed by atoms with van der Waals surface area (Å²) in [5.41, 5.74) is 0.990. The van der Waals surface area contributed by atoms with Crippen LogP contribution < -0.4 is 0 Å². The Morgan fingerprint density at radius 3 is 3.00 bits per heavy atom. The van der Waals surface area contributed by atoms with Gasteiger partial charge < -0.3 is 0 Å². The number of nitrogens with zero attached hydrogens (tertiary/aromatic N) is 1. The molecule has 0 saturated carbocycles. The van der Waals surface area contributed by atoms with Gasteiger partial charge in [0.2, 0.25) is 0 Å². The van der Waals surface area contributed by atoms with Crippen LogP contribution in [0.5, 0.6) is 0 Å². The molecule has 0 N–H and O–H groups in total. The van der Waals surface area contributed by atoms with Crippen molar-refractivity contribution in [2.24, 2.45) is 4.99 Å². The maximum atomic E-state index is 12.8. The van der Waals surface area contributed by atoms with Crippen molar-refractivity contribution < 1.29 is 4.39 Å². The molecule has 1 aliphatic rings. The smallest absolute Gasteiger partial charge is 0.123 e. The second-order valence-corrected chi connectivity index (χ2v) is 2.98. The summed E-state index contributed by atoms with van der Waals surface area (Å²) in [6, 6.07) is 6.88. The second-order valence-electron chi connectivity index (χ2n) is 2.98. The number of hydrogen-bond acceptors (Lipinski definition) is 1. The highest BCUT2D eigenvalue weighted by Crippen LogP contribution is 2.26. The standard InChI is InChI=1S/C10H10FN/c11-9-4-1-3-8(7-9)10-5-2-6-12-10/h1,3-4,6-7,10H,2,5H2. The zero-order chi connectivity index (χ0) is 8.39. The third-order valence-electron chi connectivity index (χ3n) is 2.09. The zero-order valence-electron chi connectivity index (χ0n) is 6.70. The van der Waals surface area contributed by atoms with Gasteiger partial charge in [0.15, 0.2) is 0 Å². The van der Waals surface area contributed by atoms with Crippen molar-refractivity contribution in [2.75, 3.05) is 0 Å². The Hall–Kier alpha value is -1.18. The van der Waals surface area contributed by atoms with E-state index in [0.29, 0.717) is 0 Å². The van der Waals surface area contributed by atoms with Gasteiger partial charge in [-0.1, -0.05) is 12.1 Å². The van der Waals surface area contributed by atoms with Gasteiger partial charge in [-0.05, 0) is 36.8 Å². The lowest BCUT2D eigenvalue weighted by atomic mass is 10.1. The Balaban J connectivity index is 2.27. The van der Waals surface area contributed by atoms with Crippen LogP contribution in [0.4, 0.5) is 4.39 Å². The molecular formula is C10H10FN. The van der Waals surface area contributed by atoms with E-state index in [1.165, 1.54) is 6.07 Å². The van der Waals surface area contributed by atoms with Crippen LogP contribution in [0.15, 0.2) is 29.3 Å². The van der Waals surface area contributed by atoms with E-state index < -0.39 is 0 Å². The van der Waals surface area contributed by atoms with Gasteiger partial charge in [-0.3, -0.25) is 4.99 Å². The first kappa shape index (κ1) is 7.47. The van der Waals surface area contributed by atoms with Crippen LogP contribution in [0.3, 0.4) is 0 Å². The minimum absolute atomic E-state index is 0.172. The van der Waals surface area contributed by atoms with Crippen molar-refractivity contribution >= 4 is 6.21 Å². The van der Waals surface area contributed by atoms with Crippen LogP contribution in [-0.2, 0) is 0 Å². The maximum Gasteiger partial charge on any atom is 0.123 e. The number of benzene rings is 1. The van der Waals surface area contributed by atoms with E-state index in [9.17, 15) is 4.39 Å². The summed E-state index contributed by atoms with van der Waals surface area (Å²) < 4.78 is 12.8. The fourth-order valence-electron chi connectivity index (χ4n) is 1.48. The molecule has 0 aliphatic carbocycles. The van der Waals surface area contributed by atoms with E-state index in [0.717, 1.165) is 18.4 Å². The maximum absolute atomic E-state index is 12.8. The zero-order valence-corrected chi connectivity index (χ0v) is 6.70. The van der Waals surface area contributed by atoms with Gasteiger partial charge in [-0.15, -0.1) is 0 Å². The molecule has 2 rings (SSSR count). The quantitative estimate of drug-likeness (QED) is 0.603. The monoisotopic (exact) mass is 163 g/mol. The van der Waals surface area contributed by atoms with Crippen molar-refractivity contribution in [3.63, 3.8) is 0 Å². The van der Waals surface area contributed by atoms with Crippen molar-refractivity contribution in [3.05, 3.63) is 35.6 Å². The predicted octanol–water partition coefficient (Wildman–Crippen LogP) is 2.73. The Morgan fingerprint density at radius 2 is 2.33 bits per heavy atom. The Bertz CT molecular complexity index is 306. The van der Waals surface area contributed by atoms with Gasteiger partial charge in [0, 0.05) is 0 Å². The van der Waals surface area contributed by atoms with Crippen LogP contribution in [-0.4, -0.2) is 6.21 Å². The summed E-state index contributed by atoms with van der Waals surface area (Å²) in [5, 5.41) is 0. The third-order valence-corrected chi connectivity index (χ3v) is 2.09. The van der Waals surface area contributed by atoms with Gasteiger partial charge in [-0.2, -0.15) is 0 Å². The van der Waals surface area contributed by atoms with Crippen LogP contribution in [0, 0.1) is 5.82 Å². The van der Waals surface area contributed by atoms with Crippen LogP contribution in [0.2, 0.25) is 0 Å². The molecule has 62 valence electrons.